The van der Waals surface area contributed by atoms with E-state index in [0.29, 0.717) is 17.7 Å². The minimum Gasteiger partial charge on any atom is -0.484 e. The predicted octanol–water partition coefficient (Wildman–Crippen LogP) is 2.33. The summed E-state index contributed by atoms with van der Waals surface area (Å²) in [5.74, 6) is -0.126. The number of nitrogens with zero attached hydrogens (tertiary/aromatic N) is 1. The van der Waals surface area contributed by atoms with Gasteiger partial charge >= 0.3 is 0 Å². The van der Waals surface area contributed by atoms with Crippen molar-refractivity contribution in [3.63, 3.8) is 0 Å². The van der Waals surface area contributed by atoms with E-state index in [4.69, 9.17) is 10.00 Å². The highest BCUT2D eigenvalue weighted by Crippen LogP contribution is 2.16. The summed E-state index contributed by atoms with van der Waals surface area (Å²) in [7, 11) is 0. The molecule has 0 atom stereocenters. The Kier molecular flexibility index (Phi) is 6.75. The third-order valence-corrected chi connectivity index (χ3v) is 3.91. The molecule has 0 spiro atoms. The first kappa shape index (κ1) is 19.0. The molecular formula is C20H21N3O3. The van der Waals surface area contributed by atoms with Gasteiger partial charge in [-0.3, -0.25) is 20.4 Å². The maximum absolute atomic E-state index is 11.8. The van der Waals surface area contributed by atoms with E-state index < -0.39 is 5.91 Å². The van der Waals surface area contributed by atoms with Crippen molar-refractivity contribution in [1.29, 1.82) is 5.26 Å². The first-order valence-electron chi connectivity index (χ1n) is 8.24. The summed E-state index contributed by atoms with van der Waals surface area (Å²) < 4.78 is 5.40. The summed E-state index contributed by atoms with van der Waals surface area (Å²) in [6.45, 7) is 3.79. The number of nitriles is 1. The van der Waals surface area contributed by atoms with E-state index >= 15 is 0 Å². The fourth-order valence-electron chi connectivity index (χ4n) is 2.19. The van der Waals surface area contributed by atoms with E-state index in [1.54, 1.807) is 18.2 Å². The number of benzene rings is 2. The average Bonchev–Trinajstić information content (AvgIpc) is 2.66. The highest BCUT2D eigenvalue weighted by atomic mass is 16.5. The number of rotatable bonds is 6. The van der Waals surface area contributed by atoms with Crippen LogP contribution in [0, 0.1) is 25.2 Å². The molecule has 2 amide bonds. The van der Waals surface area contributed by atoms with Crippen LogP contribution in [0.3, 0.4) is 0 Å². The van der Waals surface area contributed by atoms with Crippen LogP contribution in [-0.2, 0) is 16.0 Å². The average molecular weight is 351 g/mol. The van der Waals surface area contributed by atoms with Gasteiger partial charge in [0, 0.05) is 6.42 Å². The van der Waals surface area contributed by atoms with E-state index in [0.717, 1.165) is 16.7 Å². The molecule has 2 rings (SSSR count). The van der Waals surface area contributed by atoms with Gasteiger partial charge in [0.25, 0.3) is 5.91 Å². The van der Waals surface area contributed by atoms with Crippen LogP contribution in [0.25, 0.3) is 0 Å². The Morgan fingerprint density at radius 2 is 1.69 bits per heavy atom. The second-order valence-electron chi connectivity index (χ2n) is 5.94. The molecule has 0 heterocycles. The standard InChI is InChI=1S/C20H21N3O3/c1-14-3-9-18(11-15(14)2)26-13-20(25)23-22-19(24)10-8-16-4-6-17(12-21)7-5-16/h3-7,9,11H,8,10,13H2,1-2H3,(H,22,24)(H,23,25). The molecule has 2 aromatic rings. The Morgan fingerprint density at radius 3 is 2.35 bits per heavy atom. The first-order valence-corrected chi connectivity index (χ1v) is 8.24. The normalized spacial score (nSPS) is 9.88. The zero-order chi connectivity index (χ0) is 18.9. The Bertz CT molecular complexity index is 823. The van der Waals surface area contributed by atoms with E-state index in [1.165, 1.54) is 0 Å². The van der Waals surface area contributed by atoms with E-state index in [-0.39, 0.29) is 18.9 Å². The van der Waals surface area contributed by atoms with Gasteiger partial charge in [-0.1, -0.05) is 18.2 Å². The van der Waals surface area contributed by atoms with Gasteiger partial charge in [-0.25, -0.2) is 0 Å². The smallest absolute Gasteiger partial charge is 0.276 e. The van der Waals surface area contributed by atoms with E-state index in [9.17, 15) is 9.59 Å². The fourth-order valence-corrected chi connectivity index (χ4v) is 2.19. The van der Waals surface area contributed by atoms with Crippen molar-refractivity contribution in [2.75, 3.05) is 6.61 Å². The van der Waals surface area contributed by atoms with Crippen LogP contribution in [-0.4, -0.2) is 18.4 Å². The van der Waals surface area contributed by atoms with Gasteiger partial charge in [0.05, 0.1) is 11.6 Å². The largest absolute Gasteiger partial charge is 0.484 e. The molecule has 0 aliphatic carbocycles. The van der Waals surface area contributed by atoms with Gasteiger partial charge in [0.15, 0.2) is 6.61 Å². The summed E-state index contributed by atoms with van der Waals surface area (Å²) in [5, 5.41) is 8.75. The number of amides is 2. The van der Waals surface area contributed by atoms with Crippen molar-refractivity contribution >= 4 is 11.8 Å². The number of hydrogen-bond donors (Lipinski definition) is 2. The first-order chi connectivity index (χ1) is 12.5. The quantitative estimate of drug-likeness (QED) is 0.782. The zero-order valence-corrected chi connectivity index (χ0v) is 14.8. The molecule has 0 unspecified atom stereocenters. The van der Waals surface area contributed by atoms with Crippen LogP contribution >= 0.6 is 0 Å². The Morgan fingerprint density at radius 1 is 1.00 bits per heavy atom. The highest BCUT2D eigenvalue weighted by Gasteiger charge is 2.07. The molecule has 0 fully saturated rings. The monoisotopic (exact) mass is 351 g/mol. The molecule has 134 valence electrons. The van der Waals surface area contributed by atoms with Crippen molar-refractivity contribution < 1.29 is 14.3 Å². The van der Waals surface area contributed by atoms with Crippen molar-refractivity contribution in [1.82, 2.24) is 10.9 Å². The summed E-state index contributed by atoms with van der Waals surface area (Å²) in [6, 6.07) is 14.7. The molecule has 0 saturated heterocycles. The number of nitrogens with one attached hydrogen (secondary N) is 2. The molecule has 26 heavy (non-hydrogen) atoms. The Hall–Kier alpha value is -3.33. The predicted molar refractivity (Wildman–Crippen MR) is 97.2 cm³/mol. The zero-order valence-electron chi connectivity index (χ0n) is 14.8. The highest BCUT2D eigenvalue weighted by molar-refractivity contribution is 5.82. The second-order valence-corrected chi connectivity index (χ2v) is 5.94. The lowest BCUT2D eigenvalue weighted by Crippen LogP contribution is -2.43. The SMILES string of the molecule is Cc1ccc(OCC(=O)NNC(=O)CCc2ccc(C#N)cc2)cc1C. The van der Waals surface area contributed by atoms with Gasteiger partial charge in [-0.15, -0.1) is 0 Å². The molecular weight excluding hydrogens is 330 g/mol. The number of hydrazine groups is 1. The summed E-state index contributed by atoms with van der Waals surface area (Å²) in [4.78, 5) is 23.5. The van der Waals surface area contributed by atoms with Crippen LogP contribution in [0.4, 0.5) is 0 Å². The van der Waals surface area contributed by atoms with Crippen LogP contribution in [0.5, 0.6) is 5.75 Å². The molecule has 0 aromatic heterocycles. The number of carbonyl (C=O) groups excluding carboxylic acids is 2. The minimum atomic E-state index is -0.435. The summed E-state index contributed by atoms with van der Waals surface area (Å²) in [6.07, 6.45) is 0.747. The molecule has 0 radical (unpaired) electrons. The maximum atomic E-state index is 11.8. The molecule has 0 saturated carbocycles. The molecule has 0 aliphatic heterocycles. The van der Waals surface area contributed by atoms with Gasteiger partial charge in [-0.2, -0.15) is 5.26 Å². The second kappa shape index (κ2) is 9.23. The van der Waals surface area contributed by atoms with Gasteiger partial charge in [-0.05, 0) is 61.2 Å². The lowest BCUT2D eigenvalue weighted by Gasteiger charge is -2.10. The van der Waals surface area contributed by atoms with Crippen molar-refractivity contribution in [3.05, 3.63) is 64.7 Å². The number of aryl methyl sites for hydroxylation is 3. The summed E-state index contributed by atoms with van der Waals surface area (Å²) in [5.41, 5.74) is 8.45. The number of hydrogen-bond acceptors (Lipinski definition) is 4. The molecule has 0 bridgehead atoms. The molecule has 0 aliphatic rings. The minimum absolute atomic E-state index is 0.182. The van der Waals surface area contributed by atoms with Crippen molar-refractivity contribution in [3.8, 4) is 11.8 Å². The van der Waals surface area contributed by atoms with Crippen molar-refractivity contribution in [2.24, 2.45) is 0 Å². The fraction of sp³-hybridized carbons (Fsp3) is 0.250. The third kappa shape index (κ3) is 5.95. The number of ether oxygens (including phenoxy) is 1. The number of carbonyl (C=O) groups is 2. The Balaban J connectivity index is 1.68. The third-order valence-electron chi connectivity index (χ3n) is 3.91. The topological polar surface area (TPSA) is 91.2 Å². The Labute approximate surface area is 152 Å². The maximum Gasteiger partial charge on any atom is 0.276 e. The molecule has 6 nitrogen and oxygen atoms in total. The van der Waals surface area contributed by atoms with Gasteiger partial charge in [0.2, 0.25) is 5.91 Å². The van der Waals surface area contributed by atoms with E-state index in [1.807, 2.05) is 44.2 Å². The van der Waals surface area contributed by atoms with Gasteiger partial charge < -0.3 is 4.74 Å². The van der Waals surface area contributed by atoms with Gasteiger partial charge in [0.1, 0.15) is 5.75 Å². The van der Waals surface area contributed by atoms with Crippen LogP contribution in [0.2, 0.25) is 0 Å². The summed E-state index contributed by atoms with van der Waals surface area (Å²) >= 11 is 0. The lowest BCUT2D eigenvalue weighted by molar-refractivity contribution is -0.130. The van der Waals surface area contributed by atoms with Crippen LogP contribution in [0.15, 0.2) is 42.5 Å². The van der Waals surface area contributed by atoms with E-state index in [2.05, 4.69) is 10.9 Å². The molecule has 2 aromatic carbocycles. The van der Waals surface area contributed by atoms with Crippen LogP contribution < -0.4 is 15.6 Å². The lowest BCUT2D eigenvalue weighted by atomic mass is 10.1. The van der Waals surface area contributed by atoms with Crippen LogP contribution in [0.1, 0.15) is 28.7 Å². The van der Waals surface area contributed by atoms with Crippen molar-refractivity contribution in [2.45, 2.75) is 26.7 Å². The molecule has 2 N–H and O–H groups in total. The molecule has 6 heteroatoms.